The van der Waals surface area contributed by atoms with Gasteiger partial charge in [0.15, 0.2) is 0 Å². The average molecular weight is 191 g/mol. The fourth-order valence-electron chi connectivity index (χ4n) is 1.13. The average Bonchev–Trinajstić information content (AvgIpc) is 2.70. The minimum absolute atomic E-state index is 0.0109. The van der Waals surface area contributed by atoms with Crippen LogP contribution >= 0.6 is 0 Å². The normalized spacial score (nSPS) is 10.0. The Hall–Kier alpha value is -2.24. The Morgan fingerprint density at radius 1 is 1.36 bits per heavy atom. The van der Waals surface area contributed by atoms with E-state index in [-0.39, 0.29) is 5.69 Å². The van der Waals surface area contributed by atoms with Gasteiger partial charge in [-0.15, -0.1) is 0 Å². The van der Waals surface area contributed by atoms with Crippen LogP contribution in [0.5, 0.6) is 0 Å². The maximum atomic E-state index is 10.6. The van der Waals surface area contributed by atoms with Gasteiger partial charge in [0, 0.05) is 6.07 Å². The topological polar surface area (TPSA) is 82.1 Å². The molecule has 6 nitrogen and oxygen atoms in total. The highest BCUT2D eigenvalue weighted by Gasteiger charge is 2.16. The molecule has 0 spiro atoms. The number of hydrogen-bond acceptors (Lipinski definition) is 5. The van der Waals surface area contributed by atoms with E-state index >= 15 is 0 Å². The molecular weight excluding hydrogens is 186 g/mol. The Morgan fingerprint density at radius 3 is 2.79 bits per heavy atom. The second kappa shape index (κ2) is 3.25. The molecule has 2 rings (SSSR count). The number of para-hydroxylation sites is 1. The summed E-state index contributed by atoms with van der Waals surface area (Å²) in [5.41, 5.74) is 0.749. The molecule has 1 aromatic carbocycles. The van der Waals surface area contributed by atoms with Crippen LogP contribution in [0, 0.1) is 10.1 Å². The Labute approximate surface area is 78.3 Å². The third-order valence-corrected chi connectivity index (χ3v) is 1.74. The van der Waals surface area contributed by atoms with Crippen LogP contribution in [0.15, 0.2) is 35.1 Å². The molecule has 1 heterocycles. The lowest BCUT2D eigenvalue weighted by Gasteiger charge is -1.96. The van der Waals surface area contributed by atoms with Crippen molar-refractivity contribution >= 4 is 5.69 Å². The number of nitro benzene ring substituents is 1. The monoisotopic (exact) mass is 191 g/mol. The molecule has 0 bridgehead atoms. The molecule has 0 unspecified atom stereocenters. The molecule has 2 aromatic rings. The lowest BCUT2D eigenvalue weighted by atomic mass is 10.1. The van der Waals surface area contributed by atoms with Crippen LogP contribution in [0.2, 0.25) is 0 Å². The van der Waals surface area contributed by atoms with Crippen molar-refractivity contribution in [3.05, 3.63) is 40.6 Å². The summed E-state index contributed by atoms with van der Waals surface area (Å²) in [5, 5.41) is 17.6. The molecule has 1 aromatic heterocycles. The molecule has 0 saturated carbocycles. The molecule has 0 atom stereocenters. The minimum atomic E-state index is -0.468. The second-order valence-corrected chi connectivity index (χ2v) is 2.57. The first-order chi connectivity index (χ1) is 6.79. The highest BCUT2D eigenvalue weighted by atomic mass is 16.6. The van der Waals surface area contributed by atoms with Crippen molar-refractivity contribution in [3.8, 4) is 11.3 Å². The van der Waals surface area contributed by atoms with Gasteiger partial charge >= 0.3 is 0 Å². The number of aromatic nitrogens is 2. The predicted molar refractivity (Wildman–Crippen MR) is 46.4 cm³/mol. The summed E-state index contributed by atoms with van der Waals surface area (Å²) in [6.07, 6.45) is 1.34. The van der Waals surface area contributed by atoms with Gasteiger partial charge in [-0.05, 0) is 11.2 Å². The van der Waals surface area contributed by atoms with Crippen molar-refractivity contribution in [2.24, 2.45) is 0 Å². The van der Waals surface area contributed by atoms with Crippen LogP contribution in [-0.4, -0.2) is 15.2 Å². The van der Waals surface area contributed by atoms with Crippen molar-refractivity contribution < 1.29 is 9.55 Å². The first-order valence-corrected chi connectivity index (χ1v) is 3.80. The molecule has 0 amide bonds. The maximum Gasteiger partial charge on any atom is 0.278 e. The van der Waals surface area contributed by atoms with E-state index in [1.54, 1.807) is 18.2 Å². The number of rotatable bonds is 2. The molecular formula is C8H5N3O3. The van der Waals surface area contributed by atoms with Gasteiger partial charge < -0.3 is 0 Å². The van der Waals surface area contributed by atoms with Crippen LogP contribution in [0.4, 0.5) is 5.69 Å². The van der Waals surface area contributed by atoms with Crippen molar-refractivity contribution in [2.75, 3.05) is 0 Å². The van der Waals surface area contributed by atoms with Gasteiger partial charge in [0.25, 0.3) is 5.69 Å². The van der Waals surface area contributed by atoms with Crippen LogP contribution in [-0.2, 0) is 0 Å². The van der Waals surface area contributed by atoms with Crippen molar-refractivity contribution in [1.29, 1.82) is 0 Å². The van der Waals surface area contributed by atoms with E-state index in [2.05, 4.69) is 14.9 Å². The van der Waals surface area contributed by atoms with E-state index in [1.165, 1.54) is 12.3 Å². The van der Waals surface area contributed by atoms with Gasteiger partial charge in [-0.3, -0.25) is 10.1 Å². The molecule has 0 N–H and O–H groups in total. The van der Waals surface area contributed by atoms with Gasteiger partial charge in [0.05, 0.1) is 16.7 Å². The molecule has 0 radical (unpaired) electrons. The number of hydrogen-bond donors (Lipinski definition) is 0. The lowest BCUT2D eigenvalue weighted by Crippen LogP contribution is -1.91. The minimum Gasteiger partial charge on any atom is -0.258 e. The Morgan fingerprint density at radius 2 is 2.14 bits per heavy atom. The number of nitro groups is 1. The van der Waals surface area contributed by atoms with E-state index in [0.717, 1.165) is 0 Å². The van der Waals surface area contributed by atoms with Gasteiger partial charge in [0.1, 0.15) is 5.69 Å². The van der Waals surface area contributed by atoms with E-state index < -0.39 is 4.92 Å². The summed E-state index contributed by atoms with van der Waals surface area (Å²) >= 11 is 0. The summed E-state index contributed by atoms with van der Waals surface area (Å²) in [5.74, 6) is 0. The number of benzene rings is 1. The Kier molecular flexibility index (Phi) is 1.94. The van der Waals surface area contributed by atoms with E-state index in [9.17, 15) is 10.1 Å². The largest absolute Gasteiger partial charge is 0.278 e. The fraction of sp³-hybridized carbons (Fsp3) is 0. The Balaban J connectivity index is 2.58. The molecule has 0 fully saturated rings. The standard InChI is InChI=1S/C8H5N3O3/c12-11(13)8-4-2-1-3-6(8)7-5-9-14-10-7/h1-5H. The van der Waals surface area contributed by atoms with Gasteiger partial charge in [-0.1, -0.05) is 17.3 Å². The van der Waals surface area contributed by atoms with Gasteiger partial charge in [-0.2, -0.15) is 0 Å². The van der Waals surface area contributed by atoms with Gasteiger partial charge in [0.2, 0.25) is 0 Å². The van der Waals surface area contributed by atoms with Crippen molar-refractivity contribution in [2.45, 2.75) is 0 Å². The molecule has 0 aliphatic carbocycles. The van der Waals surface area contributed by atoms with E-state index in [0.29, 0.717) is 11.3 Å². The zero-order chi connectivity index (χ0) is 9.97. The molecule has 0 aliphatic heterocycles. The third kappa shape index (κ3) is 1.33. The SMILES string of the molecule is O=[N+]([O-])c1ccccc1-c1cnon1. The summed E-state index contributed by atoms with van der Waals surface area (Å²) in [7, 11) is 0. The molecule has 70 valence electrons. The highest BCUT2D eigenvalue weighted by molar-refractivity contribution is 5.69. The zero-order valence-electron chi connectivity index (χ0n) is 6.95. The number of nitrogens with zero attached hydrogens (tertiary/aromatic N) is 3. The van der Waals surface area contributed by atoms with Gasteiger partial charge in [-0.25, -0.2) is 4.63 Å². The lowest BCUT2D eigenvalue weighted by molar-refractivity contribution is -0.384. The fourth-order valence-corrected chi connectivity index (χ4v) is 1.13. The van der Waals surface area contributed by atoms with Crippen LogP contribution in [0.3, 0.4) is 0 Å². The summed E-state index contributed by atoms with van der Waals surface area (Å²) in [6, 6.07) is 6.29. The van der Waals surface area contributed by atoms with Crippen molar-refractivity contribution in [3.63, 3.8) is 0 Å². The third-order valence-electron chi connectivity index (χ3n) is 1.74. The summed E-state index contributed by atoms with van der Waals surface area (Å²) in [6.45, 7) is 0. The van der Waals surface area contributed by atoms with Crippen molar-refractivity contribution in [1.82, 2.24) is 10.3 Å². The predicted octanol–water partition coefficient (Wildman–Crippen LogP) is 1.64. The van der Waals surface area contributed by atoms with Crippen LogP contribution in [0.25, 0.3) is 11.3 Å². The maximum absolute atomic E-state index is 10.6. The van der Waals surface area contributed by atoms with E-state index in [4.69, 9.17) is 0 Å². The molecule has 6 heteroatoms. The van der Waals surface area contributed by atoms with Crippen LogP contribution < -0.4 is 0 Å². The summed E-state index contributed by atoms with van der Waals surface area (Å²) in [4.78, 5) is 10.2. The molecule has 0 saturated heterocycles. The highest BCUT2D eigenvalue weighted by Crippen LogP contribution is 2.26. The quantitative estimate of drug-likeness (QED) is 0.532. The summed E-state index contributed by atoms with van der Waals surface area (Å²) < 4.78 is 4.38. The zero-order valence-corrected chi connectivity index (χ0v) is 6.95. The molecule has 0 aliphatic rings. The van der Waals surface area contributed by atoms with E-state index in [1.807, 2.05) is 0 Å². The van der Waals surface area contributed by atoms with Crippen LogP contribution in [0.1, 0.15) is 0 Å². The smallest absolute Gasteiger partial charge is 0.258 e. The molecule has 14 heavy (non-hydrogen) atoms. The first kappa shape index (κ1) is 8.36. The second-order valence-electron chi connectivity index (χ2n) is 2.57. The first-order valence-electron chi connectivity index (χ1n) is 3.80. The Bertz CT molecular complexity index is 453.